The Morgan fingerprint density at radius 3 is 2.16 bits per heavy atom. The van der Waals surface area contributed by atoms with Crippen LogP contribution in [0.3, 0.4) is 0 Å². The molecule has 2 heteroatoms. The van der Waals surface area contributed by atoms with Gasteiger partial charge >= 0.3 is 0 Å². The zero-order valence-electron chi connectivity index (χ0n) is 13.2. The molecule has 2 nitrogen and oxygen atoms in total. The van der Waals surface area contributed by atoms with Crippen LogP contribution in [0.1, 0.15) is 72.6 Å². The zero-order valence-corrected chi connectivity index (χ0v) is 13.2. The van der Waals surface area contributed by atoms with Crippen LogP contribution >= 0.6 is 0 Å². The molecular weight excluding hydrogens is 234 g/mol. The number of ether oxygens (including phenoxy) is 1. The molecule has 0 bridgehead atoms. The molecule has 3 aliphatic rings. The molecule has 110 valence electrons. The van der Waals surface area contributed by atoms with Crippen LogP contribution in [0.15, 0.2) is 0 Å². The van der Waals surface area contributed by atoms with Crippen molar-refractivity contribution < 1.29 is 4.74 Å². The molecular formula is C17H31NO. The highest BCUT2D eigenvalue weighted by Gasteiger charge is 2.65. The van der Waals surface area contributed by atoms with Gasteiger partial charge in [0.05, 0.1) is 5.60 Å². The maximum absolute atomic E-state index is 6.20. The number of hydrogen-bond acceptors (Lipinski definition) is 2. The minimum Gasteiger partial charge on any atom is -0.375 e. The molecule has 1 saturated heterocycles. The molecule has 0 aromatic carbocycles. The van der Waals surface area contributed by atoms with Crippen molar-refractivity contribution in [2.24, 2.45) is 10.8 Å². The Morgan fingerprint density at radius 2 is 1.58 bits per heavy atom. The summed E-state index contributed by atoms with van der Waals surface area (Å²) in [5.41, 5.74) is 1.13. The summed E-state index contributed by atoms with van der Waals surface area (Å²) in [6, 6.07) is 1.36. The minimum absolute atomic E-state index is 0.233. The average Bonchev–Trinajstić information content (AvgIpc) is 2.73. The van der Waals surface area contributed by atoms with Gasteiger partial charge in [0.15, 0.2) is 0 Å². The zero-order chi connectivity index (χ0) is 13.7. The predicted molar refractivity (Wildman–Crippen MR) is 79.3 cm³/mol. The fourth-order valence-corrected chi connectivity index (χ4v) is 4.56. The van der Waals surface area contributed by atoms with Gasteiger partial charge in [-0.2, -0.15) is 0 Å². The number of nitrogens with one attached hydrogen (secondary N) is 1. The molecule has 2 aliphatic carbocycles. The molecule has 3 fully saturated rings. The first-order valence-corrected chi connectivity index (χ1v) is 8.27. The van der Waals surface area contributed by atoms with Gasteiger partial charge in [-0.25, -0.2) is 0 Å². The van der Waals surface area contributed by atoms with Gasteiger partial charge in [0.1, 0.15) is 0 Å². The predicted octanol–water partition coefficient (Wildman–Crippen LogP) is 3.89. The molecule has 1 aliphatic heterocycles. The van der Waals surface area contributed by atoms with E-state index in [2.05, 4.69) is 33.0 Å². The number of hydrogen-bond donors (Lipinski definition) is 1. The average molecular weight is 265 g/mol. The third-order valence-corrected chi connectivity index (χ3v) is 6.68. The van der Waals surface area contributed by atoms with Gasteiger partial charge in [-0.15, -0.1) is 0 Å². The van der Waals surface area contributed by atoms with Gasteiger partial charge in [-0.1, -0.05) is 47.0 Å². The van der Waals surface area contributed by atoms with Crippen LogP contribution in [0.5, 0.6) is 0 Å². The van der Waals surface area contributed by atoms with Crippen molar-refractivity contribution in [3.05, 3.63) is 0 Å². The van der Waals surface area contributed by atoms with Crippen molar-refractivity contribution in [2.75, 3.05) is 6.61 Å². The summed E-state index contributed by atoms with van der Waals surface area (Å²) >= 11 is 0. The topological polar surface area (TPSA) is 21.3 Å². The summed E-state index contributed by atoms with van der Waals surface area (Å²) in [7, 11) is 0. The summed E-state index contributed by atoms with van der Waals surface area (Å²) in [5.74, 6) is 0. The fourth-order valence-electron chi connectivity index (χ4n) is 4.56. The monoisotopic (exact) mass is 265 g/mol. The van der Waals surface area contributed by atoms with E-state index in [9.17, 15) is 0 Å². The lowest BCUT2D eigenvalue weighted by Gasteiger charge is -2.44. The largest absolute Gasteiger partial charge is 0.375 e. The first-order valence-electron chi connectivity index (χ1n) is 8.27. The van der Waals surface area contributed by atoms with Crippen LogP contribution in [0.4, 0.5) is 0 Å². The van der Waals surface area contributed by atoms with E-state index < -0.39 is 0 Å². The van der Waals surface area contributed by atoms with Crippen molar-refractivity contribution in [3.8, 4) is 0 Å². The Labute approximate surface area is 118 Å². The third-order valence-electron chi connectivity index (χ3n) is 6.68. The third kappa shape index (κ3) is 2.25. The Kier molecular flexibility index (Phi) is 3.26. The van der Waals surface area contributed by atoms with Crippen molar-refractivity contribution in [2.45, 2.75) is 90.3 Å². The van der Waals surface area contributed by atoms with Crippen molar-refractivity contribution in [1.29, 1.82) is 0 Å². The summed E-state index contributed by atoms with van der Waals surface area (Å²) in [6.45, 7) is 10.6. The van der Waals surface area contributed by atoms with Crippen LogP contribution in [0, 0.1) is 10.8 Å². The lowest BCUT2D eigenvalue weighted by molar-refractivity contribution is -0.109. The summed E-state index contributed by atoms with van der Waals surface area (Å²) in [5, 5.41) is 3.96. The quantitative estimate of drug-likeness (QED) is 0.818. The summed E-state index contributed by atoms with van der Waals surface area (Å²) < 4.78 is 6.20. The minimum atomic E-state index is 0.233. The van der Waals surface area contributed by atoms with E-state index in [-0.39, 0.29) is 5.60 Å². The van der Waals surface area contributed by atoms with E-state index in [4.69, 9.17) is 4.74 Å². The van der Waals surface area contributed by atoms with Gasteiger partial charge in [0.25, 0.3) is 0 Å². The van der Waals surface area contributed by atoms with Crippen molar-refractivity contribution in [3.63, 3.8) is 0 Å². The molecule has 2 saturated carbocycles. The molecule has 0 radical (unpaired) electrons. The standard InChI is InChI=1S/C17H31NO/c1-15(2)14(16(15,3)4)18-13-8-11-19-17(12-13)9-6-5-7-10-17/h13-14,18H,5-12H2,1-4H3. The molecule has 3 rings (SSSR count). The molecule has 19 heavy (non-hydrogen) atoms. The fraction of sp³-hybridized carbons (Fsp3) is 1.00. The highest BCUT2D eigenvalue weighted by Crippen LogP contribution is 2.63. The molecule has 1 atom stereocenters. The van der Waals surface area contributed by atoms with Gasteiger partial charge in [0.2, 0.25) is 0 Å². The van der Waals surface area contributed by atoms with Gasteiger partial charge in [-0.05, 0) is 36.5 Å². The SMILES string of the molecule is CC1(C)C(NC2CCOC3(CCCCC3)C2)C1(C)C. The molecule has 0 aromatic heterocycles. The molecule has 1 heterocycles. The van der Waals surface area contributed by atoms with Crippen LogP contribution < -0.4 is 5.32 Å². The molecule has 1 N–H and O–H groups in total. The molecule has 0 aromatic rings. The van der Waals surface area contributed by atoms with Crippen molar-refractivity contribution in [1.82, 2.24) is 5.32 Å². The number of rotatable bonds is 2. The van der Waals surface area contributed by atoms with E-state index >= 15 is 0 Å². The first-order chi connectivity index (χ1) is 8.87. The Hall–Kier alpha value is -0.0800. The van der Waals surface area contributed by atoms with E-state index in [1.54, 1.807) is 0 Å². The highest BCUT2D eigenvalue weighted by atomic mass is 16.5. The Morgan fingerprint density at radius 1 is 0.947 bits per heavy atom. The van der Waals surface area contributed by atoms with Crippen LogP contribution in [-0.2, 0) is 4.74 Å². The van der Waals surface area contributed by atoms with Gasteiger partial charge in [-0.3, -0.25) is 0 Å². The second-order valence-electron chi connectivity index (χ2n) is 8.32. The maximum atomic E-state index is 6.20. The lowest BCUT2D eigenvalue weighted by Crippen LogP contribution is -2.49. The Bertz CT molecular complexity index is 322. The lowest BCUT2D eigenvalue weighted by atomic mass is 9.78. The van der Waals surface area contributed by atoms with Crippen LogP contribution in [-0.4, -0.2) is 24.3 Å². The summed E-state index contributed by atoms with van der Waals surface area (Å²) in [6.07, 6.45) is 9.18. The first kappa shape index (κ1) is 13.9. The van der Waals surface area contributed by atoms with E-state index in [0.717, 1.165) is 6.61 Å². The Balaban J connectivity index is 1.61. The normalized spacial score (nSPS) is 36.3. The highest BCUT2D eigenvalue weighted by molar-refractivity contribution is 5.18. The van der Waals surface area contributed by atoms with Gasteiger partial charge < -0.3 is 10.1 Å². The van der Waals surface area contributed by atoms with E-state index in [0.29, 0.717) is 22.9 Å². The second-order valence-corrected chi connectivity index (χ2v) is 8.32. The van der Waals surface area contributed by atoms with Crippen LogP contribution in [0.25, 0.3) is 0 Å². The molecule has 1 spiro atoms. The molecule has 0 amide bonds. The smallest absolute Gasteiger partial charge is 0.0697 e. The van der Waals surface area contributed by atoms with Crippen molar-refractivity contribution >= 4 is 0 Å². The molecule has 1 unspecified atom stereocenters. The summed E-state index contributed by atoms with van der Waals surface area (Å²) in [4.78, 5) is 0. The van der Waals surface area contributed by atoms with E-state index in [1.165, 1.54) is 44.9 Å². The second kappa shape index (κ2) is 4.46. The maximum Gasteiger partial charge on any atom is 0.0697 e. The van der Waals surface area contributed by atoms with Crippen LogP contribution in [0.2, 0.25) is 0 Å². The van der Waals surface area contributed by atoms with Gasteiger partial charge in [0, 0.05) is 18.7 Å². The van der Waals surface area contributed by atoms with E-state index in [1.807, 2.05) is 0 Å².